The van der Waals surface area contributed by atoms with Crippen LogP contribution >= 0.6 is 11.3 Å². The Kier molecular flexibility index (Phi) is 6.19. The largest absolute Gasteiger partial charge is 0.477 e. The maximum Gasteiger partial charge on any atom is 0.348 e. The second kappa shape index (κ2) is 9.36. The number of carbonyl (C=O) groups excluding carboxylic acids is 1. The molecule has 2 aromatic heterocycles. The molecule has 0 saturated heterocycles. The number of aromatic carboxylic acids is 1. The molecule has 0 atom stereocenters. The molecular weight excluding hydrogens is 408 g/mol. The molecule has 5 nitrogen and oxygen atoms in total. The van der Waals surface area contributed by atoms with Gasteiger partial charge < -0.3 is 10.4 Å². The molecular formula is C25H20N2O3S. The summed E-state index contributed by atoms with van der Waals surface area (Å²) in [6.07, 6.45) is 4.22. The molecule has 6 heteroatoms. The molecule has 1 amide bonds. The van der Waals surface area contributed by atoms with Gasteiger partial charge in [-0.3, -0.25) is 9.78 Å². The first-order chi connectivity index (χ1) is 15.1. The number of hydrogen-bond donors (Lipinski definition) is 2. The number of carboxylic acid groups (broad SMARTS) is 1. The van der Waals surface area contributed by atoms with Gasteiger partial charge in [0.1, 0.15) is 4.88 Å². The topological polar surface area (TPSA) is 79.3 Å². The van der Waals surface area contributed by atoms with Crippen LogP contribution in [-0.4, -0.2) is 22.5 Å². The van der Waals surface area contributed by atoms with Gasteiger partial charge in [-0.05, 0) is 41.7 Å². The van der Waals surface area contributed by atoms with Gasteiger partial charge in [-0.25, -0.2) is 4.79 Å². The van der Waals surface area contributed by atoms with Gasteiger partial charge in [-0.2, -0.15) is 0 Å². The minimum Gasteiger partial charge on any atom is -0.477 e. The molecule has 2 N–H and O–H groups in total. The standard InChI is InChI=1S/C25H20N2O3S/c28-16-27-22-14-23(31-24(22)25(29)30)19-9-7-18(8-10-19)20-11-13-21(26-15-20)12-6-17-4-2-1-3-5-17/h1-5,7-11,13-16H,6,12H2,(H,27,28)(H,29,30). The zero-order valence-electron chi connectivity index (χ0n) is 16.6. The van der Waals surface area contributed by atoms with Gasteiger partial charge in [0.15, 0.2) is 0 Å². The summed E-state index contributed by atoms with van der Waals surface area (Å²) in [5.41, 5.74) is 5.61. The molecule has 0 fully saturated rings. The van der Waals surface area contributed by atoms with E-state index < -0.39 is 5.97 Å². The lowest BCUT2D eigenvalue weighted by atomic mass is 10.0. The van der Waals surface area contributed by atoms with E-state index >= 15 is 0 Å². The molecule has 0 aliphatic rings. The first kappa shape index (κ1) is 20.5. The molecule has 154 valence electrons. The van der Waals surface area contributed by atoms with Crippen molar-refractivity contribution >= 4 is 29.4 Å². The van der Waals surface area contributed by atoms with Gasteiger partial charge in [0.25, 0.3) is 0 Å². The summed E-state index contributed by atoms with van der Waals surface area (Å²) in [7, 11) is 0. The van der Waals surface area contributed by atoms with Crippen LogP contribution in [0.25, 0.3) is 21.6 Å². The molecule has 0 spiro atoms. The Labute approximate surface area is 184 Å². The second-order valence-corrected chi connectivity index (χ2v) is 8.07. The highest BCUT2D eigenvalue weighted by Gasteiger charge is 2.16. The highest BCUT2D eigenvalue weighted by Crippen LogP contribution is 2.35. The fourth-order valence-corrected chi connectivity index (χ4v) is 4.32. The van der Waals surface area contributed by atoms with Gasteiger partial charge in [0.05, 0.1) is 5.69 Å². The molecule has 0 saturated carbocycles. The van der Waals surface area contributed by atoms with Crippen molar-refractivity contribution in [1.82, 2.24) is 4.98 Å². The van der Waals surface area contributed by atoms with E-state index in [1.807, 2.05) is 48.7 Å². The summed E-state index contributed by atoms with van der Waals surface area (Å²) in [6, 6.07) is 24.0. The van der Waals surface area contributed by atoms with Crippen LogP contribution in [0.5, 0.6) is 0 Å². The third-order valence-electron chi connectivity index (χ3n) is 4.98. The minimum atomic E-state index is -1.06. The number of carbonyl (C=O) groups is 2. The Hall–Kier alpha value is -3.77. The maximum absolute atomic E-state index is 11.4. The zero-order chi connectivity index (χ0) is 21.6. The van der Waals surface area contributed by atoms with Crippen LogP contribution in [0.15, 0.2) is 79.0 Å². The van der Waals surface area contributed by atoms with Gasteiger partial charge in [-0.1, -0.05) is 60.7 Å². The molecule has 31 heavy (non-hydrogen) atoms. The Bertz CT molecular complexity index is 1180. The molecule has 0 aliphatic heterocycles. The Morgan fingerprint density at radius 1 is 0.935 bits per heavy atom. The molecule has 4 rings (SSSR count). The highest BCUT2D eigenvalue weighted by atomic mass is 32.1. The first-order valence-corrected chi connectivity index (χ1v) is 10.6. The Morgan fingerprint density at radius 3 is 2.29 bits per heavy atom. The molecule has 0 radical (unpaired) electrons. The number of pyridine rings is 1. The van der Waals surface area contributed by atoms with E-state index in [2.05, 4.69) is 34.6 Å². The van der Waals surface area contributed by atoms with Crippen molar-refractivity contribution in [2.45, 2.75) is 12.8 Å². The van der Waals surface area contributed by atoms with Crippen molar-refractivity contribution < 1.29 is 14.7 Å². The minimum absolute atomic E-state index is 0.112. The second-order valence-electron chi connectivity index (χ2n) is 7.02. The van der Waals surface area contributed by atoms with E-state index in [1.165, 1.54) is 5.56 Å². The predicted molar refractivity (Wildman–Crippen MR) is 123 cm³/mol. The fraction of sp³-hybridized carbons (Fsp3) is 0.0800. The molecule has 2 heterocycles. The predicted octanol–water partition coefficient (Wildman–Crippen LogP) is 5.53. The number of anilines is 1. The van der Waals surface area contributed by atoms with Crippen molar-refractivity contribution in [2.24, 2.45) is 0 Å². The van der Waals surface area contributed by atoms with Crippen molar-refractivity contribution in [1.29, 1.82) is 0 Å². The van der Waals surface area contributed by atoms with Crippen LogP contribution in [-0.2, 0) is 17.6 Å². The van der Waals surface area contributed by atoms with E-state index in [-0.39, 0.29) is 4.88 Å². The van der Waals surface area contributed by atoms with E-state index in [9.17, 15) is 14.7 Å². The third-order valence-corrected chi connectivity index (χ3v) is 6.15. The Balaban J connectivity index is 1.47. The van der Waals surface area contributed by atoms with Crippen molar-refractivity contribution in [2.75, 3.05) is 5.32 Å². The number of benzene rings is 2. The summed E-state index contributed by atoms with van der Waals surface area (Å²) >= 11 is 1.13. The molecule has 2 aromatic carbocycles. The quantitative estimate of drug-likeness (QED) is 0.362. The first-order valence-electron chi connectivity index (χ1n) is 9.81. The van der Waals surface area contributed by atoms with Gasteiger partial charge in [0.2, 0.25) is 6.41 Å². The summed E-state index contributed by atoms with van der Waals surface area (Å²) in [5.74, 6) is -1.06. The average Bonchev–Trinajstić information content (AvgIpc) is 3.23. The normalized spacial score (nSPS) is 10.6. The van der Waals surface area contributed by atoms with Crippen LogP contribution in [0.2, 0.25) is 0 Å². The van der Waals surface area contributed by atoms with Crippen molar-refractivity contribution in [3.8, 4) is 21.6 Å². The van der Waals surface area contributed by atoms with Gasteiger partial charge in [0, 0.05) is 22.3 Å². The van der Waals surface area contributed by atoms with Crippen LogP contribution in [0.1, 0.15) is 20.9 Å². The maximum atomic E-state index is 11.4. The van der Waals surface area contributed by atoms with Crippen LogP contribution in [0.3, 0.4) is 0 Å². The smallest absolute Gasteiger partial charge is 0.348 e. The summed E-state index contributed by atoms with van der Waals surface area (Å²) < 4.78 is 0. The number of rotatable bonds is 8. The fourth-order valence-electron chi connectivity index (χ4n) is 3.35. The summed E-state index contributed by atoms with van der Waals surface area (Å²) in [4.78, 5) is 27.6. The SMILES string of the molecule is O=CNc1cc(-c2ccc(-c3ccc(CCc4ccccc4)nc3)cc2)sc1C(=O)O. The average molecular weight is 429 g/mol. The van der Waals surface area contributed by atoms with Crippen molar-refractivity contribution in [3.05, 3.63) is 95.1 Å². The number of nitrogens with one attached hydrogen (secondary N) is 1. The van der Waals surface area contributed by atoms with Gasteiger partial charge in [-0.15, -0.1) is 11.3 Å². The van der Waals surface area contributed by atoms with E-state index in [1.54, 1.807) is 6.07 Å². The number of amides is 1. The molecule has 0 aliphatic carbocycles. The van der Waals surface area contributed by atoms with Crippen LogP contribution in [0.4, 0.5) is 5.69 Å². The van der Waals surface area contributed by atoms with E-state index in [4.69, 9.17) is 0 Å². The van der Waals surface area contributed by atoms with Crippen LogP contribution in [0, 0.1) is 0 Å². The number of hydrogen-bond acceptors (Lipinski definition) is 4. The number of thiophene rings is 1. The number of carboxylic acids is 1. The van der Waals surface area contributed by atoms with Gasteiger partial charge >= 0.3 is 5.97 Å². The van der Waals surface area contributed by atoms with Crippen LogP contribution < -0.4 is 5.32 Å². The summed E-state index contributed by atoms with van der Waals surface area (Å²) in [6.45, 7) is 0. The van der Waals surface area contributed by atoms with E-state index in [0.29, 0.717) is 12.1 Å². The number of nitrogens with zero attached hydrogens (tertiary/aromatic N) is 1. The molecule has 4 aromatic rings. The molecule has 0 bridgehead atoms. The third kappa shape index (κ3) is 4.87. The van der Waals surface area contributed by atoms with Crippen molar-refractivity contribution in [3.63, 3.8) is 0 Å². The lowest BCUT2D eigenvalue weighted by molar-refractivity contribution is -0.105. The number of aromatic nitrogens is 1. The Morgan fingerprint density at radius 2 is 1.65 bits per heavy atom. The lowest BCUT2D eigenvalue weighted by Crippen LogP contribution is -2.00. The monoisotopic (exact) mass is 428 g/mol. The van der Waals surface area contributed by atoms with E-state index in [0.717, 1.165) is 51.4 Å². The zero-order valence-corrected chi connectivity index (χ0v) is 17.4. The summed E-state index contributed by atoms with van der Waals surface area (Å²) in [5, 5.41) is 11.8. The molecule has 0 unspecified atom stereocenters. The number of aryl methyl sites for hydroxylation is 2. The lowest BCUT2D eigenvalue weighted by Gasteiger charge is -2.05. The highest BCUT2D eigenvalue weighted by molar-refractivity contribution is 7.18.